The highest BCUT2D eigenvalue weighted by Gasteiger charge is 2.55. The lowest BCUT2D eigenvalue weighted by molar-refractivity contribution is 0.0151. The quantitative estimate of drug-likeness (QED) is 0.576. The van der Waals surface area contributed by atoms with E-state index in [0.717, 1.165) is 29.4 Å². The minimum absolute atomic E-state index is 0.0514. The molecule has 0 heterocycles. The van der Waals surface area contributed by atoms with E-state index in [0.29, 0.717) is 16.9 Å². The third kappa shape index (κ3) is 2.57. The third-order valence-electron chi connectivity index (χ3n) is 8.78. The average molecular weight is 387 g/mol. The van der Waals surface area contributed by atoms with Crippen LogP contribution in [-0.4, -0.2) is 11.1 Å². The molecule has 1 aromatic carbocycles. The Morgan fingerprint density at radius 3 is 2.76 bits per heavy atom. The first kappa shape index (κ1) is 18.7. The normalized spacial score (nSPS) is 37.9. The molecule has 0 aromatic heterocycles. The molecule has 0 saturated heterocycles. The molecule has 5 atom stereocenters. The van der Waals surface area contributed by atoms with Crippen molar-refractivity contribution >= 4 is 11.5 Å². The van der Waals surface area contributed by atoms with Crippen molar-refractivity contribution in [2.24, 2.45) is 28.6 Å². The molecule has 2 fully saturated rings. The molecule has 0 bridgehead atoms. The van der Waals surface area contributed by atoms with Gasteiger partial charge in [0.15, 0.2) is 0 Å². The number of hydrogen-bond donors (Lipinski definition) is 1. The topological polar surface area (TPSA) is 37.3 Å². The molecule has 5 rings (SSSR count). The number of aromatic carboxylic acids is 1. The minimum atomic E-state index is -0.867. The van der Waals surface area contributed by atoms with Crippen LogP contribution in [-0.2, 0) is 0 Å². The van der Waals surface area contributed by atoms with Gasteiger partial charge in [-0.25, -0.2) is 4.79 Å². The van der Waals surface area contributed by atoms with Crippen molar-refractivity contribution in [3.05, 3.63) is 77.4 Å². The maximum absolute atomic E-state index is 11.7. The highest BCUT2D eigenvalue weighted by atomic mass is 16.4. The van der Waals surface area contributed by atoms with Crippen LogP contribution in [0.25, 0.3) is 5.57 Å². The smallest absolute Gasteiger partial charge is 0.336 e. The van der Waals surface area contributed by atoms with Crippen LogP contribution in [0.3, 0.4) is 0 Å². The van der Waals surface area contributed by atoms with Gasteiger partial charge in [-0.3, -0.25) is 0 Å². The summed E-state index contributed by atoms with van der Waals surface area (Å²) in [5, 5.41) is 9.59. The molecule has 2 heteroatoms. The summed E-state index contributed by atoms with van der Waals surface area (Å²) in [5.41, 5.74) is 5.44. The molecular weight excluding hydrogens is 356 g/mol. The molecule has 0 aliphatic heterocycles. The van der Waals surface area contributed by atoms with Crippen molar-refractivity contribution < 1.29 is 9.90 Å². The number of carbonyl (C=O) groups is 1. The van der Waals surface area contributed by atoms with E-state index in [9.17, 15) is 9.90 Å². The van der Waals surface area contributed by atoms with Gasteiger partial charge in [0.05, 0.1) is 5.56 Å². The number of carboxylic acids is 1. The molecule has 29 heavy (non-hydrogen) atoms. The summed E-state index contributed by atoms with van der Waals surface area (Å²) in [6.07, 6.45) is 15.4. The Bertz CT molecular complexity index is 994. The summed E-state index contributed by atoms with van der Waals surface area (Å²) in [5.74, 6) is 1.28. The van der Waals surface area contributed by atoms with Crippen LogP contribution in [0.5, 0.6) is 0 Å². The van der Waals surface area contributed by atoms with Crippen molar-refractivity contribution in [3.63, 3.8) is 0 Å². The molecule has 2 saturated carbocycles. The summed E-state index contributed by atoms with van der Waals surface area (Å²) in [4.78, 5) is 11.7. The summed E-state index contributed by atoms with van der Waals surface area (Å²) in [7, 11) is 0. The second kappa shape index (κ2) is 6.32. The van der Waals surface area contributed by atoms with Crippen molar-refractivity contribution in [2.75, 3.05) is 0 Å². The first-order chi connectivity index (χ1) is 13.8. The van der Waals surface area contributed by atoms with Crippen LogP contribution >= 0.6 is 0 Å². The first-order valence-electron chi connectivity index (χ1n) is 11.0. The zero-order valence-corrected chi connectivity index (χ0v) is 17.4. The molecular formula is C27H30O2. The number of hydrogen-bond acceptors (Lipinski definition) is 1. The van der Waals surface area contributed by atoms with Crippen LogP contribution in [0.15, 0.2) is 66.3 Å². The van der Waals surface area contributed by atoms with Crippen molar-refractivity contribution in [1.82, 2.24) is 0 Å². The molecule has 4 aliphatic rings. The van der Waals surface area contributed by atoms with Crippen molar-refractivity contribution in [1.29, 1.82) is 0 Å². The Morgan fingerprint density at radius 1 is 1.17 bits per heavy atom. The number of carboxylic acid groups (broad SMARTS) is 1. The van der Waals surface area contributed by atoms with E-state index < -0.39 is 5.97 Å². The fraction of sp³-hybridized carbons (Fsp3) is 0.444. The van der Waals surface area contributed by atoms with Gasteiger partial charge in [0, 0.05) is 5.41 Å². The molecule has 0 amide bonds. The summed E-state index contributed by atoms with van der Waals surface area (Å²) in [6.45, 7) is 9.28. The summed E-state index contributed by atoms with van der Waals surface area (Å²) in [6, 6.07) is 7.33. The average Bonchev–Trinajstić information content (AvgIpc) is 3.02. The predicted molar refractivity (Wildman–Crippen MR) is 118 cm³/mol. The molecule has 2 nitrogen and oxygen atoms in total. The SMILES string of the molecule is C=C1CC[C@H]2[C@@H]3CC=C4C=C(c5ccccc5C(=O)O)C=C[C@]4(C)[C@H]3CC[C@]12C. The van der Waals surface area contributed by atoms with E-state index >= 15 is 0 Å². The highest BCUT2D eigenvalue weighted by molar-refractivity contribution is 5.96. The molecule has 1 aromatic rings. The lowest BCUT2D eigenvalue weighted by Crippen LogP contribution is -2.47. The van der Waals surface area contributed by atoms with Gasteiger partial charge in [-0.1, -0.05) is 68.5 Å². The van der Waals surface area contributed by atoms with Gasteiger partial charge in [-0.2, -0.15) is 0 Å². The van der Waals surface area contributed by atoms with Crippen LogP contribution in [0.1, 0.15) is 61.9 Å². The number of benzene rings is 1. The van der Waals surface area contributed by atoms with Crippen LogP contribution in [0, 0.1) is 28.6 Å². The zero-order chi connectivity index (χ0) is 20.4. The minimum Gasteiger partial charge on any atom is -0.478 e. The number of fused-ring (bicyclic) bond motifs is 5. The summed E-state index contributed by atoms with van der Waals surface area (Å²) < 4.78 is 0. The van der Waals surface area contributed by atoms with Gasteiger partial charge < -0.3 is 5.11 Å². The van der Waals surface area contributed by atoms with Crippen LogP contribution < -0.4 is 0 Å². The molecule has 0 spiro atoms. The standard InChI is InChI=1S/C27H30O2/c1-17-8-11-23-22-10-9-19-16-18(20-6-4-5-7-21(20)25(28)29)12-14-27(19,3)24(22)13-15-26(17,23)2/h4-7,9,12,14,16,22-24H,1,8,10-11,13,15H2,2-3H3,(H,28,29)/t22-,23-,24-,26+,27-/m0/s1. The van der Waals surface area contributed by atoms with E-state index in [-0.39, 0.29) is 5.41 Å². The first-order valence-corrected chi connectivity index (χ1v) is 11.0. The second-order valence-electron chi connectivity index (χ2n) is 9.94. The lowest BCUT2D eigenvalue weighted by Gasteiger charge is -2.55. The Hall–Kier alpha value is -2.35. The Kier molecular flexibility index (Phi) is 4.07. The van der Waals surface area contributed by atoms with E-state index in [2.05, 4.69) is 44.7 Å². The van der Waals surface area contributed by atoms with E-state index in [1.165, 1.54) is 36.8 Å². The van der Waals surface area contributed by atoms with Crippen LogP contribution in [0.4, 0.5) is 0 Å². The highest BCUT2D eigenvalue weighted by Crippen LogP contribution is 2.64. The monoisotopic (exact) mass is 386 g/mol. The largest absolute Gasteiger partial charge is 0.478 e. The third-order valence-corrected chi connectivity index (χ3v) is 8.78. The molecule has 1 N–H and O–H groups in total. The zero-order valence-electron chi connectivity index (χ0n) is 17.4. The van der Waals surface area contributed by atoms with E-state index in [1.807, 2.05) is 12.1 Å². The van der Waals surface area contributed by atoms with Gasteiger partial charge in [-0.05, 0) is 78.0 Å². The number of allylic oxidation sites excluding steroid dienone is 7. The number of rotatable bonds is 2. The van der Waals surface area contributed by atoms with Crippen molar-refractivity contribution in [2.45, 2.75) is 46.0 Å². The fourth-order valence-electron chi connectivity index (χ4n) is 6.97. The predicted octanol–water partition coefficient (Wildman–Crippen LogP) is 6.67. The summed E-state index contributed by atoms with van der Waals surface area (Å²) >= 11 is 0. The van der Waals surface area contributed by atoms with Crippen molar-refractivity contribution in [3.8, 4) is 0 Å². The molecule has 150 valence electrons. The fourth-order valence-corrected chi connectivity index (χ4v) is 6.97. The second-order valence-corrected chi connectivity index (χ2v) is 9.94. The van der Waals surface area contributed by atoms with Gasteiger partial charge in [0.25, 0.3) is 0 Å². The van der Waals surface area contributed by atoms with E-state index in [1.54, 1.807) is 12.1 Å². The molecule has 4 aliphatic carbocycles. The van der Waals surface area contributed by atoms with Gasteiger partial charge in [-0.15, -0.1) is 0 Å². The molecule has 0 radical (unpaired) electrons. The van der Waals surface area contributed by atoms with Crippen LogP contribution in [0.2, 0.25) is 0 Å². The maximum atomic E-state index is 11.7. The van der Waals surface area contributed by atoms with Gasteiger partial charge in [0.2, 0.25) is 0 Å². The Morgan fingerprint density at radius 2 is 1.97 bits per heavy atom. The maximum Gasteiger partial charge on any atom is 0.336 e. The molecule has 0 unspecified atom stereocenters. The Balaban J connectivity index is 1.53. The van der Waals surface area contributed by atoms with Gasteiger partial charge in [0.1, 0.15) is 0 Å². The lowest BCUT2D eigenvalue weighted by atomic mass is 9.49. The Labute approximate surface area is 173 Å². The van der Waals surface area contributed by atoms with Gasteiger partial charge >= 0.3 is 5.97 Å². The van der Waals surface area contributed by atoms with E-state index in [4.69, 9.17) is 0 Å².